The maximum Gasteiger partial charge on any atom is 0.256 e. The molecule has 29 heavy (non-hydrogen) atoms. The summed E-state index contributed by atoms with van der Waals surface area (Å²) in [7, 11) is 3.43. The van der Waals surface area contributed by atoms with E-state index >= 15 is 0 Å². The minimum absolute atomic E-state index is 0.103. The zero-order valence-electron chi connectivity index (χ0n) is 17.8. The molecule has 2 aliphatic rings. The van der Waals surface area contributed by atoms with Crippen molar-refractivity contribution in [2.45, 2.75) is 23.8 Å². The molecule has 2 fully saturated rings. The van der Waals surface area contributed by atoms with Crippen LogP contribution in [0.5, 0.6) is 0 Å². The Bertz CT molecular complexity index is 835. The number of rotatable bonds is 5. The second kappa shape index (κ2) is 8.99. The van der Waals surface area contributed by atoms with Crippen molar-refractivity contribution in [3.8, 4) is 0 Å². The van der Waals surface area contributed by atoms with Gasteiger partial charge < -0.3 is 19.4 Å². The highest BCUT2D eigenvalue weighted by molar-refractivity contribution is 7.89. The Morgan fingerprint density at radius 3 is 2.41 bits per heavy atom. The molecule has 1 aromatic carbocycles. The molecule has 1 aromatic rings. The van der Waals surface area contributed by atoms with Crippen molar-refractivity contribution in [2.24, 2.45) is 0 Å². The summed E-state index contributed by atoms with van der Waals surface area (Å²) in [5.41, 5.74) is 1.23. The van der Waals surface area contributed by atoms with Crippen LogP contribution in [0, 0.1) is 0 Å². The largest absolute Gasteiger partial charge is 0.378 e. The topological polar surface area (TPSA) is 73.4 Å². The highest BCUT2D eigenvalue weighted by atomic mass is 32.2. The van der Waals surface area contributed by atoms with Crippen LogP contribution in [0.3, 0.4) is 0 Å². The number of nitrogens with zero attached hydrogens (tertiary/aromatic N) is 4. The third-order valence-electron chi connectivity index (χ3n) is 5.74. The van der Waals surface area contributed by atoms with E-state index in [1.54, 1.807) is 18.2 Å². The summed E-state index contributed by atoms with van der Waals surface area (Å²) in [5.74, 6) is -0.103. The van der Waals surface area contributed by atoms with E-state index in [-0.39, 0.29) is 10.8 Å². The van der Waals surface area contributed by atoms with E-state index in [4.69, 9.17) is 4.74 Å². The minimum Gasteiger partial charge on any atom is -0.378 e. The van der Waals surface area contributed by atoms with Gasteiger partial charge in [-0.25, -0.2) is 12.7 Å². The van der Waals surface area contributed by atoms with Crippen LogP contribution in [0.1, 0.15) is 23.2 Å². The Kier molecular flexibility index (Phi) is 6.83. The molecular formula is C20H32N4O4S. The maximum absolute atomic E-state index is 13.5. The van der Waals surface area contributed by atoms with Gasteiger partial charge in [-0.05, 0) is 45.1 Å². The number of ether oxygens (including phenoxy) is 1. The average molecular weight is 425 g/mol. The number of benzene rings is 1. The first-order chi connectivity index (χ1) is 13.7. The number of anilines is 1. The molecule has 2 saturated heterocycles. The van der Waals surface area contributed by atoms with Crippen LogP contribution in [-0.2, 0) is 14.8 Å². The molecule has 3 rings (SSSR count). The Balaban J connectivity index is 1.99. The zero-order valence-corrected chi connectivity index (χ0v) is 18.6. The normalized spacial score (nSPS) is 21.1. The van der Waals surface area contributed by atoms with Gasteiger partial charge in [-0.1, -0.05) is 0 Å². The summed E-state index contributed by atoms with van der Waals surface area (Å²) in [6.45, 7) is 3.89. The standard InChI is InChI=1S/C20H32N4O4S/c1-21(2)16-6-5-9-24(15-16)20(25)18-14-17(29(26,27)22(3)4)7-8-19(18)23-10-12-28-13-11-23/h7-8,14,16H,5-6,9-13,15H2,1-4H3. The van der Waals surface area contributed by atoms with Crippen LogP contribution in [0.15, 0.2) is 23.1 Å². The van der Waals surface area contributed by atoms with Gasteiger partial charge in [0.15, 0.2) is 0 Å². The monoisotopic (exact) mass is 424 g/mol. The van der Waals surface area contributed by atoms with E-state index < -0.39 is 10.0 Å². The smallest absolute Gasteiger partial charge is 0.256 e. The fourth-order valence-corrected chi connectivity index (χ4v) is 4.80. The third-order valence-corrected chi connectivity index (χ3v) is 7.55. The Morgan fingerprint density at radius 2 is 1.79 bits per heavy atom. The first-order valence-electron chi connectivity index (χ1n) is 10.1. The molecule has 1 unspecified atom stereocenters. The summed E-state index contributed by atoms with van der Waals surface area (Å²) >= 11 is 0. The first kappa shape index (κ1) is 22.0. The number of morpholine rings is 1. The molecule has 162 valence electrons. The van der Waals surface area contributed by atoms with Gasteiger partial charge in [0.25, 0.3) is 5.91 Å². The Hall–Kier alpha value is -1.68. The number of hydrogen-bond donors (Lipinski definition) is 0. The van der Waals surface area contributed by atoms with Crippen molar-refractivity contribution < 1.29 is 17.9 Å². The van der Waals surface area contributed by atoms with Crippen LogP contribution in [0.4, 0.5) is 5.69 Å². The summed E-state index contributed by atoms with van der Waals surface area (Å²) in [6, 6.07) is 5.22. The fourth-order valence-electron chi connectivity index (χ4n) is 3.87. The van der Waals surface area contributed by atoms with Gasteiger partial charge in [0.05, 0.1) is 23.7 Å². The predicted octanol–water partition coefficient (Wildman–Crippen LogP) is 0.940. The second-order valence-electron chi connectivity index (χ2n) is 8.08. The van der Waals surface area contributed by atoms with Crippen LogP contribution in [0.25, 0.3) is 0 Å². The highest BCUT2D eigenvalue weighted by Gasteiger charge is 2.30. The lowest BCUT2D eigenvalue weighted by atomic mass is 10.0. The van der Waals surface area contributed by atoms with Gasteiger partial charge >= 0.3 is 0 Å². The lowest BCUT2D eigenvalue weighted by Gasteiger charge is -2.37. The van der Waals surface area contributed by atoms with Crippen LogP contribution in [-0.4, -0.2) is 102 Å². The number of sulfonamides is 1. The van der Waals surface area contributed by atoms with E-state index in [1.807, 2.05) is 19.0 Å². The molecule has 0 bridgehead atoms. The van der Waals surface area contributed by atoms with Crippen molar-refractivity contribution in [1.82, 2.24) is 14.1 Å². The van der Waals surface area contributed by atoms with E-state index in [9.17, 15) is 13.2 Å². The number of likely N-dealkylation sites (tertiary alicyclic amines) is 1. The Labute approximate surface area is 174 Å². The van der Waals surface area contributed by atoms with Crippen LogP contribution < -0.4 is 4.90 Å². The molecule has 0 saturated carbocycles. The van der Waals surface area contributed by atoms with Gasteiger partial charge in [-0.2, -0.15) is 0 Å². The summed E-state index contributed by atoms with van der Waals surface area (Å²) in [6.07, 6.45) is 2.00. The molecule has 2 heterocycles. The van der Waals surface area contributed by atoms with Gasteiger partial charge in [-0.3, -0.25) is 4.79 Å². The number of amides is 1. The molecule has 0 aliphatic carbocycles. The number of carbonyl (C=O) groups excluding carboxylic acids is 1. The van der Waals surface area contributed by atoms with E-state index in [2.05, 4.69) is 9.80 Å². The molecule has 2 aliphatic heterocycles. The molecule has 1 atom stereocenters. The molecule has 0 aromatic heterocycles. The average Bonchev–Trinajstić information content (AvgIpc) is 2.73. The number of likely N-dealkylation sites (N-methyl/N-ethyl adjacent to an activating group) is 1. The molecule has 8 nitrogen and oxygen atoms in total. The molecule has 1 amide bonds. The van der Waals surface area contributed by atoms with Crippen molar-refractivity contribution in [2.75, 3.05) is 72.5 Å². The molecular weight excluding hydrogens is 392 g/mol. The van der Waals surface area contributed by atoms with E-state index in [0.717, 1.165) is 18.5 Å². The number of carbonyl (C=O) groups is 1. The van der Waals surface area contributed by atoms with E-state index in [0.29, 0.717) is 51.0 Å². The quantitative estimate of drug-likeness (QED) is 0.701. The van der Waals surface area contributed by atoms with Gasteiger partial charge in [0.1, 0.15) is 0 Å². The predicted molar refractivity (Wildman–Crippen MR) is 113 cm³/mol. The molecule has 0 radical (unpaired) electrons. The summed E-state index contributed by atoms with van der Waals surface area (Å²) in [5, 5.41) is 0. The number of piperidine rings is 1. The number of hydrogen-bond acceptors (Lipinski definition) is 6. The Morgan fingerprint density at radius 1 is 1.10 bits per heavy atom. The summed E-state index contributed by atoms with van der Waals surface area (Å²) in [4.78, 5) is 19.8. The third kappa shape index (κ3) is 4.74. The van der Waals surface area contributed by atoms with Gasteiger partial charge in [0.2, 0.25) is 10.0 Å². The van der Waals surface area contributed by atoms with Crippen LogP contribution >= 0.6 is 0 Å². The van der Waals surface area contributed by atoms with Crippen LogP contribution in [0.2, 0.25) is 0 Å². The molecule has 9 heteroatoms. The summed E-state index contributed by atoms with van der Waals surface area (Å²) < 4.78 is 32.0. The zero-order chi connectivity index (χ0) is 21.2. The lowest BCUT2D eigenvalue weighted by molar-refractivity contribution is 0.0634. The molecule has 0 N–H and O–H groups in total. The maximum atomic E-state index is 13.5. The van der Waals surface area contributed by atoms with Crippen molar-refractivity contribution in [3.63, 3.8) is 0 Å². The van der Waals surface area contributed by atoms with Gasteiger partial charge in [-0.15, -0.1) is 0 Å². The SMILES string of the molecule is CN(C)C1CCCN(C(=O)c2cc(S(=O)(=O)N(C)C)ccc2N2CCOCC2)C1. The second-order valence-corrected chi connectivity index (χ2v) is 10.2. The van der Waals surface area contributed by atoms with E-state index in [1.165, 1.54) is 18.4 Å². The molecule has 0 spiro atoms. The fraction of sp³-hybridized carbons (Fsp3) is 0.650. The van der Waals surface area contributed by atoms with Gasteiger partial charge in [0, 0.05) is 52.0 Å². The van der Waals surface area contributed by atoms with Crippen molar-refractivity contribution in [3.05, 3.63) is 23.8 Å². The van der Waals surface area contributed by atoms with Crippen molar-refractivity contribution in [1.29, 1.82) is 0 Å². The first-order valence-corrected chi connectivity index (χ1v) is 11.5. The highest BCUT2D eigenvalue weighted by Crippen LogP contribution is 2.28. The minimum atomic E-state index is -3.62. The lowest BCUT2D eigenvalue weighted by Crippen LogP contribution is -2.48. The van der Waals surface area contributed by atoms with Crippen molar-refractivity contribution >= 4 is 21.6 Å².